The third-order valence-corrected chi connectivity index (χ3v) is 4.25. The molecule has 8 heteroatoms. The zero-order chi connectivity index (χ0) is 18.6. The summed E-state index contributed by atoms with van der Waals surface area (Å²) in [6.07, 6.45) is 1.29. The molecule has 0 saturated carbocycles. The number of ether oxygens (including phenoxy) is 1. The number of carbonyl (C=O) groups excluding carboxylic acids is 1. The zero-order valence-corrected chi connectivity index (χ0v) is 15.5. The number of rotatable bonds is 5. The first-order chi connectivity index (χ1) is 11.8. The van der Waals surface area contributed by atoms with Crippen molar-refractivity contribution in [2.75, 3.05) is 0 Å². The molecular weight excluding hydrogens is 406 g/mol. The Morgan fingerprint density at radius 1 is 1.12 bits per heavy atom. The van der Waals surface area contributed by atoms with Gasteiger partial charge in [0.1, 0.15) is 18.2 Å². The lowest BCUT2D eigenvalue weighted by Crippen LogP contribution is -2.12. The molecule has 2 N–H and O–H groups in total. The van der Waals surface area contributed by atoms with Gasteiger partial charge in [-0.3, -0.25) is 4.79 Å². The highest BCUT2D eigenvalue weighted by Gasteiger charge is 2.12. The fourth-order valence-electron chi connectivity index (χ4n) is 1.91. The SMILES string of the molecule is N#C/C(=C\c1cc(Cl)c(OCc2ccc(Cl)cc2Cl)c(Cl)c1)C(N)=O. The Labute approximate surface area is 164 Å². The molecular formula is C17H10Cl4N2O2. The quantitative estimate of drug-likeness (QED) is 0.533. The minimum atomic E-state index is -0.840. The smallest absolute Gasteiger partial charge is 0.259 e. The number of amides is 1. The lowest BCUT2D eigenvalue weighted by Gasteiger charge is -2.12. The largest absolute Gasteiger partial charge is 0.486 e. The average Bonchev–Trinajstić information content (AvgIpc) is 2.53. The van der Waals surface area contributed by atoms with Gasteiger partial charge in [-0.15, -0.1) is 0 Å². The molecule has 128 valence electrons. The van der Waals surface area contributed by atoms with Gasteiger partial charge < -0.3 is 10.5 Å². The van der Waals surface area contributed by atoms with Crippen LogP contribution >= 0.6 is 46.4 Å². The van der Waals surface area contributed by atoms with Gasteiger partial charge in [0.25, 0.3) is 5.91 Å². The molecule has 0 spiro atoms. The Morgan fingerprint density at radius 3 is 2.28 bits per heavy atom. The lowest BCUT2D eigenvalue weighted by molar-refractivity contribution is -0.114. The van der Waals surface area contributed by atoms with E-state index in [-0.39, 0.29) is 28.0 Å². The molecule has 0 saturated heterocycles. The minimum absolute atomic E-state index is 0.134. The highest BCUT2D eigenvalue weighted by molar-refractivity contribution is 6.37. The van der Waals surface area contributed by atoms with E-state index in [1.54, 1.807) is 24.3 Å². The summed E-state index contributed by atoms with van der Waals surface area (Å²) < 4.78 is 5.64. The molecule has 0 bridgehead atoms. The number of nitrogens with zero attached hydrogens (tertiary/aromatic N) is 1. The van der Waals surface area contributed by atoms with Crippen LogP contribution in [0.3, 0.4) is 0 Å². The minimum Gasteiger partial charge on any atom is -0.486 e. The predicted octanol–water partition coefficient (Wildman–Crippen LogP) is 5.27. The molecule has 0 aliphatic carbocycles. The predicted molar refractivity (Wildman–Crippen MR) is 100 cm³/mol. The van der Waals surface area contributed by atoms with Gasteiger partial charge >= 0.3 is 0 Å². The summed E-state index contributed by atoms with van der Waals surface area (Å²) in [7, 11) is 0. The number of nitrogens with two attached hydrogens (primary N) is 1. The number of carbonyl (C=O) groups is 1. The number of hydrogen-bond donors (Lipinski definition) is 1. The van der Waals surface area contributed by atoms with Crippen molar-refractivity contribution in [1.82, 2.24) is 0 Å². The first-order valence-corrected chi connectivity index (χ1v) is 8.30. The Kier molecular flexibility index (Phi) is 6.57. The van der Waals surface area contributed by atoms with Crippen LogP contribution in [0.1, 0.15) is 11.1 Å². The standard InChI is InChI=1S/C17H10Cl4N2O2/c18-12-2-1-10(13(19)6-12)8-25-16-14(20)4-9(5-15(16)21)3-11(7-22)17(23)24/h1-6H,8H2,(H2,23,24)/b11-3+. The van der Waals surface area contributed by atoms with E-state index in [0.29, 0.717) is 21.2 Å². The van der Waals surface area contributed by atoms with Crippen molar-refractivity contribution in [3.63, 3.8) is 0 Å². The molecule has 0 unspecified atom stereocenters. The van der Waals surface area contributed by atoms with Crippen LogP contribution in [0.25, 0.3) is 6.08 Å². The molecule has 0 atom stereocenters. The number of primary amides is 1. The molecule has 2 aromatic carbocycles. The Bertz CT molecular complexity index is 881. The van der Waals surface area contributed by atoms with E-state index >= 15 is 0 Å². The van der Waals surface area contributed by atoms with Gasteiger partial charge in [-0.25, -0.2) is 0 Å². The Hall–Kier alpha value is -1.90. The summed E-state index contributed by atoms with van der Waals surface area (Å²) in [6, 6.07) is 9.74. The Balaban J connectivity index is 2.26. The maximum absolute atomic E-state index is 11.1. The highest BCUT2D eigenvalue weighted by atomic mass is 35.5. The van der Waals surface area contributed by atoms with E-state index in [4.69, 9.17) is 62.1 Å². The topological polar surface area (TPSA) is 76.1 Å². The average molecular weight is 416 g/mol. The van der Waals surface area contributed by atoms with Crippen LogP contribution in [0.4, 0.5) is 0 Å². The third-order valence-electron chi connectivity index (χ3n) is 3.10. The second kappa shape index (κ2) is 8.46. The monoisotopic (exact) mass is 414 g/mol. The van der Waals surface area contributed by atoms with Crippen molar-refractivity contribution in [2.24, 2.45) is 5.73 Å². The van der Waals surface area contributed by atoms with Gasteiger partial charge in [-0.1, -0.05) is 52.5 Å². The van der Waals surface area contributed by atoms with E-state index in [1.807, 2.05) is 0 Å². The summed E-state index contributed by atoms with van der Waals surface area (Å²) in [5, 5.41) is 10.3. The molecule has 0 aliphatic rings. The summed E-state index contributed by atoms with van der Waals surface area (Å²) in [5.74, 6) is -0.587. The second-order valence-corrected chi connectivity index (χ2v) is 6.53. The van der Waals surface area contributed by atoms with Gasteiger partial charge in [-0.05, 0) is 35.9 Å². The van der Waals surface area contributed by atoms with Crippen LogP contribution in [-0.4, -0.2) is 5.91 Å². The summed E-state index contributed by atoms with van der Waals surface area (Å²) in [6.45, 7) is 0.134. The number of benzene rings is 2. The normalized spacial score (nSPS) is 11.1. The number of nitriles is 1. The molecule has 2 aromatic rings. The van der Waals surface area contributed by atoms with Crippen LogP contribution in [0.5, 0.6) is 5.75 Å². The van der Waals surface area contributed by atoms with Gasteiger partial charge in [0.05, 0.1) is 10.0 Å². The lowest BCUT2D eigenvalue weighted by atomic mass is 10.1. The van der Waals surface area contributed by atoms with Crippen LogP contribution in [0.15, 0.2) is 35.9 Å². The van der Waals surface area contributed by atoms with Crippen molar-refractivity contribution < 1.29 is 9.53 Å². The van der Waals surface area contributed by atoms with E-state index in [9.17, 15) is 4.79 Å². The maximum atomic E-state index is 11.1. The van der Waals surface area contributed by atoms with Crippen LogP contribution < -0.4 is 10.5 Å². The van der Waals surface area contributed by atoms with Gasteiger partial charge in [0.15, 0.2) is 5.75 Å². The van der Waals surface area contributed by atoms with E-state index in [0.717, 1.165) is 0 Å². The van der Waals surface area contributed by atoms with Crippen molar-refractivity contribution in [3.05, 3.63) is 67.1 Å². The van der Waals surface area contributed by atoms with Crippen molar-refractivity contribution in [1.29, 1.82) is 5.26 Å². The van der Waals surface area contributed by atoms with Gasteiger partial charge in [0.2, 0.25) is 0 Å². The molecule has 0 aromatic heterocycles. The first-order valence-electron chi connectivity index (χ1n) is 6.79. The number of halogens is 4. The molecule has 1 amide bonds. The van der Waals surface area contributed by atoms with E-state index in [1.165, 1.54) is 18.2 Å². The molecule has 0 radical (unpaired) electrons. The fourth-order valence-corrected chi connectivity index (χ4v) is 2.99. The Morgan fingerprint density at radius 2 is 1.76 bits per heavy atom. The summed E-state index contributed by atoms with van der Waals surface area (Å²) >= 11 is 24.3. The highest BCUT2D eigenvalue weighted by Crippen LogP contribution is 2.36. The van der Waals surface area contributed by atoms with Crippen molar-refractivity contribution in [3.8, 4) is 11.8 Å². The van der Waals surface area contributed by atoms with Gasteiger partial charge in [-0.2, -0.15) is 5.26 Å². The fraction of sp³-hybridized carbons (Fsp3) is 0.0588. The second-order valence-electron chi connectivity index (χ2n) is 4.87. The van der Waals surface area contributed by atoms with E-state index in [2.05, 4.69) is 0 Å². The molecule has 0 aliphatic heterocycles. The summed E-state index contributed by atoms with van der Waals surface area (Å²) in [4.78, 5) is 11.1. The van der Waals surface area contributed by atoms with Crippen molar-refractivity contribution in [2.45, 2.75) is 6.61 Å². The molecule has 0 fully saturated rings. The molecule has 2 rings (SSSR count). The first kappa shape index (κ1) is 19.4. The maximum Gasteiger partial charge on any atom is 0.259 e. The number of hydrogen-bond acceptors (Lipinski definition) is 3. The van der Waals surface area contributed by atoms with Crippen molar-refractivity contribution >= 4 is 58.4 Å². The summed E-state index contributed by atoms with van der Waals surface area (Å²) in [5.41, 5.74) is 6.04. The molecule has 4 nitrogen and oxygen atoms in total. The third kappa shape index (κ3) is 5.04. The molecule has 0 heterocycles. The van der Waals surface area contributed by atoms with E-state index < -0.39 is 5.91 Å². The molecule has 25 heavy (non-hydrogen) atoms. The van der Waals surface area contributed by atoms with Crippen LogP contribution in [0.2, 0.25) is 20.1 Å². The van der Waals surface area contributed by atoms with Crippen LogP contribution in [0, 0.1) is 11.3 Å². The van der Waals surface area contributed by atoms with Crippen LogP contribution in [-0.2, 0) is 11.4 Å². The van der Waals surface area contributed by atoms with Gasteiger partial charge in [0, 0.05) is 15.6 Å². The zero-order valence-electron chi connectivity index (χ0n) is 12.5.